The van der Waals surface area contributed by atoms with Crippen LogP contribution in [0, 0.1) is 5.82 Å². The first-order valence-electron chi connectivity index (χ1n) is 6.45. The third-order valence-corrected chi connectivity index (χ3v) is 3.16. The van der Waals surface area contributed by atoms with Gasteiger partial charge in [-0.05, 0) is 30.3 Å². The van der Waals surface area contributed by atoms with Crippen LogP contribution in [0.5, 0.6) is 5.75 Å². The van der Waals surface area contributed by atoms with Crippen LogP contribution < -0.4 is 10.5 Å². The molecule has 21 heavy (non-hydrogen) atoms. The fourth-order valence-electron chi connectivity index (χ4n) is 2.15. The number of ether oxygens (including phenoxy) is 2. The molecule has 1 aliphatic rings. The molecule has 108 valence electrons. The first-order valence-corrected chi connectivity index (χ1v) is 6.45. The second kappa shape index (κ2) is 5.40. The average Bonchev–Trinajstić information content (AvgIpc) is 2.87. The van der Waals surface area contributed by atoms with Gasteiger partial charge >= 0.3 is 5.97 Å². The van der Waals surface area contributed by atoms with Crippen molar-refractivity contribution in [3.05, 3.63) is 53.6 Å². The molecule has 0 aliphatic carbocycles. The number of carbonyl (C=O) groups excluding carboxylic acids is 1. The first kappa shape index (κ1) is 13.4. The smallest absolute Gasteiger partial charge is 0.357 e. The number of nitrogens with two attached hydrogens (primary N) is 1. The van der Waals surface area contributed by atoms with Crippen molar-refractivity contribution in [2.45, 2.75) is 12.5 Å². The minimum Gasteiger partial charge on any atom is -0.486 e. The number of hydrogen-bond acceptors (Lipinski definition) is 5. The maximum atomic E-state index is 13.1. The van der Waals surface area contributed by atoms with E-state index in [0.717, 1.165) is 5.56 Å². The summed E-state index contributed by atoms with van der Waals surface area (Å²) < 4.78 is 23.8. The molecule has 1 unspecified atom stereocenters. The number of pyridine rings is 1. The molecular formula is C15H13FN2O3. The van der Waals surface area contributed by atoms with Gasteiger partial charge < -0.3 is 15.2 Å². The Bertz CT molecular complexity index is 673. The molecule has 2 N–H and O–H groups in total. The topological polar surface area (TPSA) is 74.4 Å². The maximum Gasteiger partial charge on any atom is 0.357 e. The Kier molecular flexibility index (Phi) is 3.43. The number of halogens is 1. The van der Waals surface area contributed by atoms with E-state index < -0.39 is 5.97 Å². The number of benzene rings is 1. The van der Waals surface area contributed by atoms with Crippen molar-refractivity contribution >= 4 is 11.7 Å². The normalized spacial score (nSPS) is 16.1. The SMILES string of the molecule is Nc1ccc(C(=O)OCC2Cc3cc(F)ccc3O2)nc1. The second-order valence-corrected chi connectivity index (χ2v) is 4.77. The van der Waals surface area contributed by atoms with Crippen LogP contribution in [0.4, 0.5) is 10.1 Å². The molecule has 1 atom stereocenters. The van der Waals surface area contributed by atoms with E-state index >= 15 is 0 Å². The molecule has 3 rings (SSSR count). The van der Waals surface area contributed by atoms with Gasteiger partial charge in [-0.2, -0.15) is 0 Å². The zero-order chi connectivity index (χ0) is 14.8. The van der Waals surface area contributed by atoms with Gasteiger partial charge in [0.15, 0.2) is 0 Å². The highest BCUT2D eigenvalue weighted by atomic mass is 19.1. The van der Waals surface area contributed by atoms with Crippen molar-refractivity contribution in [1.29, 1.82) is 0 Å². The van der Waals surface area contributed by atoms with Crippen molar-refractivity contribution in [3.63, 3.8) is 0 Å². The summed E-state index contributed by atoms with van der Waals surface area (Å²) in [5.74, 6) is -0.218. The fourth-order valence-corrected chi connectivity index (χ4v) is 2.15. The molecule has 5 nitrogen and oxygen atoms in total. The predicted molar refractivity (Wildman–Crippen MR) is 73.5 cm³/mol. The standard InChI is InChI=1S/C15H13FN2O3/c16-10-1-4-14-9(5-10)6-12(21-14)8-20-15(19)13-3-2-11(17)7-18-13/h1-5,7,12H,6,8,17H2. The molecule has 0 radical (unpaired) electrons. The molecule has 0 bridgehead atoms. The second-order valence-electron chi connectivity index (χ2n) is 4.77. The van der Waals surface area contributed by atoms with Gasteiger partial charge in [0.25, 0.3) is 0 Å². The lowest BCUT2D eigenvalue weighted by Gasteiger charge is -2.11. The fraction of sp³-hybridized carbons (Fsp3) is 0.200. The van der Waals surface area contributed by atoms with Gasteiger partial charge in [0.2, 0.25) is 0 Å². The van der Waals surface area contributed by atoms with Crippen molar-refractivity contribution < 1.29 is 18.7 Å². The van der Waals surface area contributed by atoms with Gasteiger partial charge in [0.1, 0.15) is 30.0 Å². The van der Waals surface area contributed by atoms with E-state index in [4.69, 9.17) is 15.2 Å². The van der Waals surface area contributed by atoms with Gasteiger partial charge in [-0.25, -0.2) is 14.2 Å². The number of nitrogen functional groups attached to an aromatic ring is 1. The summed E-state index contributed by atoms with van der Waals surface area (Å²) in [5, 5.41) is 0. The minimum atomic E-state index is -0.541. The van der Waals surface area contributed by atoms with E-state index in [1.165, 1.54) is 24.4 Å². The van der Waals surface area contributed by atoms with Crippen LogP contribution in [-0.2, 0) is 11.2 Å². The quantitative estimate of drug-likeness (QED) is 0.874. The van der Waals surface area contributed by atoms with Crippen LogP contribution in [0.15, 0.2) is 36.5 Å². The number of anilines is 1. The highest BCUT2D eigenvalue weighted by Gasteiger charge is 2.25. The number of nitrogens with zero attached hydrogens (tertiary/aromatic N) is 1. The lowest BCUT2D eigenvalue weighted by atomic mass is 10.1. The van der Waals surface area contributed by atoms with Crippen molar-refractivity contribution in [2.75, 3.05) is 12.3 Å². The zero-order valence-corrected chi connectivity index (χ0v) is 11.1. The number of rotatable bonds is 3. The summed E-state index contributed by atoms with van der Waals surface area (Å²) in [7, 11) is 0. The molecule has 2 heterocycles. The zero-order valence-electron chi connectivity index (χ0n) is 11.1. The van der Waals surface area contributed by atoms with Crippen molar-refractivity contribution in [2.24, 2.45) is 0 Å². The predicted octanol–water partition coefficient (Wildman–Crippen LogP) is 1.96. The van der Waals surface area contributed by atoms with Crippen LogP contribution in [0.25, 0.3) is 0 Å². The summed E-state index contributed by atoms with van der Waals surface area (Å²) >= 11 is 0. The number of hydrogen-bond donors (Lipinski definition) is 1. The Labute approximate surface area is 120 Å². The molecule has 6 heteroatoms. The lowest BCUT2D eigenvalue weighted by Crippen LogP contribution is -2.23. The van der Waals surface area contributed by atoms with Gasteiger partial charge in [-0.15, -0.1) is 0 Å². The monoisotopic (exact) mass is 288 g/mol. The van der Waals surface area contributed by atoms with Crippen LogP contribution in [0.3, 0.4) is 0 Å². The Morgan fingerprint density at radius 3 is 3.05 bits per heavy atom. The Balaban J connectivity index is 1.57. The van der Waals surface area contributed by atoms with Crippen LogP contribution in [-0.4, -0.2) is 23.7 Å². The van der Waals surface area contributed by atoms with Gasteiger partial charge in [-0.1, -0.05) is 0 Å². The molecule has 0 saturated heterocycles. The van der Waals surface area contributed by atoms with Crippen molar-refractivity contribution in [1.82, 2.24) is 4.98 Å². The lowest BCUT2D eigenvalue weighted by molar-refractivity contribution is 0.0340. The Morgan fingerprint density at radius 1 is 1.43 bits per heavy atom. The van der Waals surface area contributed by atoms with Crippen molar-refractivity contribution in [3.8, 4) is 5.75 Å². The minimum absolute atomic E-state index is 0.0845. The Hall–Kier alpha value is -2.63. The average molecular weight is 288 g/mol. The van der Waals surface area contributed by atoms with Gasteiger partial charge in [-0.3, -0.25) is 0 Å². The molecule has 0 spiro atoms. The van der Waals surface area contributed by atoms with E-state index in [0.29, 0.717) is 17.9 Å². The highest BCUT2D eigenvalue weighted by molar-refractivity contribution is 5.87. The third-order valence-electron chi connectivity index (χ3n) is 3.16. The molecule has 2 aromatic rings. The van der Waals surface area contributed by atoms with Crippen LogP contribution in [0.2, 0.25) is 0 Å². The van der Waals surface area contributed by atoms with Crippen LogP contribution in [0.1, 0.15) is 16.1 Å². The number of esters is 1. The number of fused-ring (bicyclic) bond motifs is 1. The molecule has 0 amide bonds. The number of carbonyl (C=O) groups is 1. The molecule has 0 saturated carbocycles. The first-order chi connectivity index (χ1) is 10.1. The Morgan fingerprint density at radius 2 is 2.29 bits per heavy atom. The summed E-state index contributed by atoms with van der Waals surface area (Å²) in [6.45, 7) is 0.0845. The molecule has 0 fully saturated rings. The van der Waals surface area contributed by atoms with E-state index in [1.54, 1.807) is 12.1 Å². The molecule has 1 aromatic heterocycles. The molecular weight excluding hydrogens is 275 g/mol. The molecule has 1 aliphatic heterocycles. The maximum absolute atomic E-state index is 13.1. The van der Waals surface area contributed by atoms with Crippen LogP contribution >= 0.6 is 0 Å². The number of aromatic nitrogens is 1. The van der Waals surface area contributed by atoms with E-state index in [1.807, 2.05) is 0 Å². The van der Waals surface area contributed by atoms with E-state index in [-0.39, 0.29) is 24.2 Å². The summed E-state index contributed by atoms with van der Waals surface area (Å²) in [5.41, 5.74) is 6.94. The largest absolute Gasteiger partial charge is 0.486 e. The summed E-state index contributed by atoms with van der Waals surface area (Å²) in [4.78, 5) is 15.7. The van der Waals surface area contributed by atoms with E-state index in [2.05, 4.69) is 4.98 Å². The highest BCUT2D eigenvalue weighted by Crippen LogP contribution is 2.29. The van der Waals surface area contributed by atoms with E-state index in [9.17, 15) is 9.18 Å². The summed E-state index contributed by atoms with van der Waals surface area (Å²) in [6, 6.07) is 7.42. The summed E-state index contributed by atoms with van der Waals surface area (Å²) in [6.07, 6.45) is 1.59. The van der Waals surface area contributed by atoms with Gasteiger partial charge in [0, 0.05) is 12.0 Å². The third kappa shape index (κ3) is 2.94. The molecule has 1 aromatic carbocycles. The van der Waals surface area contributed by atoms with Gasteiger partial charge in [0.05, 0.1) is 11.9 Å².